The van der Waals surface area contributed by atoms with E-state index in [1.54, 1.807) is 26.0 Å². The van der Waals surface area contributed by atoms with Crippen molar-refractivity contribution in [2.75, 3.05) is 5.75 Å². The molecule has 1 N–H and O–H groups in total. The largest absolute Gasteiger partial charge is 0.331 e. The second-order valence-corrected chi connectivity index (χ2v) is 12.9. The SMILES string of the molecule is CC(C)=O.CCCCCC/C(=N\OC(C)=O)c1cn(-c2ccc(C(C)=N)c3ccccc23)c2ccc(S(=O)(=O)CC)cc12. The molecular weight excluding hydrogens is 562 g/mol. The zero-order valence-electron chi connectivity index (χ0n) is 25.9. The van der Waals surface area contributed by atoms with Gasteiger partial charge in [-0.1, -0.05) is 68.6 Å². The van der Waals surface area contributed by atoms with E-state index in [-0.39, 0.29) is 16.4 Å². The summed E-state index contributed by atoms with van der Waals surface area (Å²) in [7, 11) is -3.45. The Hall–Kier alpha value is -4.11. The topological polar surface area (TPSA) is 119 Å². The lowest BCUT2D eigenvalue weighted by Crippen LogP contribution is -2.05. The van der Waals surface area contributed by atoms with Crippen LogP contribution in [0.4, 0.5) is 0 Å². The minimum absolute atomic E-state index is 0.00493. The third-order valence-electron chi connectivity index (χ3n) is 6.94. The molecule has 0 bridgehead atoms. The van der Waals surface area contributed by atoms with Gasteiger partial charge in [0.05, 0.1) is 27.6 Å². The van der Waals surface area contributed by atoms with Crippen molar-refractivity contribution in [2.24, 2.45) is 5.16 Å². The summed E-state index contributed by atoms with van der Waals surface area (Å²) in [5, 5.41) is 15.1. The molecule has 0 unspecified atom stereocenters. The lowest BCUT2D eigenvalue weighted by molar-refractivity contribution is -0.140. The van der Waals surface area contributed by atoms with Crippen molar-refractivity contribution in [3.8, 4) is 5.69 Å². The summed E-state index contributed by atoms with van der Waals surface area (Å²) in [6, 6.07) is 17.1. The fraction of sp³-hybridized carbons (Fsp3) is 0.353. The quantitative estimate of drug-likeness (QED) is 0.0812. The Balaban J connectivity index is 0.00000119. The zero-order chi connectivity index (χ0) is 31.7. The molecular formula is C34H41N3O5S. The van der Waals surface area contributed by atoms with E-state index in [9.17, 15) is 18.0 Å². The van der Waals surface area contributed by atoms with E-state index in [1.807, 2.05) is 53.2 Å². The van der Waals surface area contributed by atoms with Gasteiger partial charge in [0, 0.05) is 40.7 Å². The number of oxime groups is 1. The second-order valence-electron chi connectivity index (χ2n) is 10.6. The van der Waals surface area contributed by atoms with Crippen LogP contribution in [0.2, 0.25) is 0 Å². The first kappa shape index (κ1) is 33.4. The van der Waals surface area contributed by atoms with Crippen LogP contribution in [0.1, 0.15) is 84.8 Å². The van der Waals surface area contributed by atoms with Gasteiger partial charge in [-0.2, -0.15) is 0 Å². The van der Waals surface area contributed by atoms with E-state index >= 15 is 0 Å². The van der Waals surface area contributed by atoms with E-state index in [1.165, 1.54) is 20.8 Å². The summed E-state index contributed by atoms with van der Waals surface area (Å²) in [6.07, 6.45) is 6.60. The number of Topliss-reactive ketones (excluding diaryl/α,β-unsaturated/α-hetero) is 1. The maximum Gasteiger partial charge on any atom is 0.331 e. The van der Waals surface area contributed by atoms with Gasteiger partial charge in [-0.15, -0.1) is 0 Å². The highest BCUT2D eigenvalue weighted by atomic mass is 32.2. The van der Waals surface area contributed by atoms with Gasteiger partial charge in [0.15, 0.2) is 9.84 Å². The number of fused-ring (bicyclic) bond motifs is 2. The molecule has 0 aliphatic rings. The van der Waals surface area contributed by atoms with E-state index < -0.39 is 15.8 Å². The molecule has 0 aliphatic heterocycles. The molecule has 0 fully saturated rings. The Morgan fingerprint density at radius 1 is 0.860 bits per heavy atom. The minimum atomic E-state index is -3.45. The molecule has 0 radical (unpaired) electrons. The molecule has 4 rings (SSSR count). The van der Waals surface area contributed by atoms with Gasteiger partial charge in [0.25, 0.3) is 0 Å². The molecule has 1 heterocycles. The Morgan fingerprint density at radius 3 is 2.14 bits per heavy atom. The minimum Gasteiger partial charge on any atom is -0.318 e. The van der Waals surface area contributed by atoms with Crippen LogP contribution in [0, 0.1) is 5.41 Å². The van der Waals surface area contributed by atoms with E-state index in [0.29, 0.717) is 17.8 Å². The second kappa shape index (κ2) is 14.9. The summed E-state index contributed by atoms with van der Waals surface area (Å²) >= 11 is 0. The summed E-state index contributed by atoms with van der Waals surface area (Å²) in [4.78, 5) is 26.5. The van der Waals surface area contributed by atoms with Crippen LogP contribution < -0.4 is 0 Å². The number of unbranched alkanes of at least 4 members (excludes halogenated alkanes) is 3. The maximum atomic E-state index is 12.8. The first-order valence-electron chi connectivity index (χ1n) is 14.6. The van der Waals surface area contributed by atoms with Gasteiger partial charge < -0.3 is 19.6 Å². The summed E-state index contributed by atoms with van der Waals surface area (Å²) in [5.41, 5.74) is 4.38. The smallest absolute Gasteiger partial charge is 0.318 e. The molecule has 0 aliphatic carbocycles. The molecule has 228 valence electrons. The number of carbonyl (C=O) groups excluding carboxylic acids is 2. The third kappa shape index (κ3) is 8.26. The van der Waals surface area contributed by atoms with Crippen molar-refractivity contribution in [1.29, 1.82) is 5.41 Å². The van der Waals surface area contributed by atoms with Crippen molar-refractivity contribution in [3.63, 3.8) is 0 Å². The summed E-state index contributed by atoms with van der Waals surface area (Å²) in [6.45, 7) is 9.92. The normalized spacial score (nSPS) is 11.7. The van der Waals surface area contributed by atoms with Crippen LogP contribution in [0.15, 0.2) is 70.8 Å². The van der Waals surface area contributed by atoms with Gasteiger partial charge in [-0.3, -0.25) is 0 Å². The first-order valence-corrected chi connectivity index (χ1v) is 16.2. The number of sulfone groups is 1. The van der Waals surface area contributed by atoms with Crippen molar-refractivity contribution < 1.29 is 22.8 Å². The van der Waals surface area contributed by atoms with Gasteiger partial charge >= 0.3 is 5.97 Å². The van der Waals surface area contributed by atoms with Crippen LogP contribution in [-0.4, -0.2) is 41.9 Å². The molecule has 0 spiro atoms. The molecule has 8 nitrogen and oxygen atoms in total. The van der Waals surface area contributed by atoms with Crippen LogP contribution in [-0.2, 0) is 24.3 Å². The standard InChI is InChI=1S/C31H35N3O4S.C3H6O/c1-5-7-8-9-14-29(33-38-22(4)35)28-20-34(31-17-15-23(19-27(28)31)39(36,37)6-2)30-18-16-24(21(3)32)25-12-10-11-13-26(25)30;1-3(2)4/h10-13,15-20,32H,5-9,14H2,1-4H3;1-2H3/b32-21?,33-29+;. The van der Waals surface area contributed by atoms with Crippen LogP contribution in [0.5, 0.6) is 0 Å². The maximum absolute atomic E-state index is 12.8. The Labute approximate surface area is 254 Å². The molecule has 0 saturated heterocycles. The predicted octanol–water partition coefficient (Wildman–Crippen LogP) is 7.80. The molecule has 0 atom stereocenters. The lowest BCUT2D eigenvalue weighted by atomic mass is 10.00. The van der Waals surface area contributed by atoms with Crippen molar-refractivity contribution >= 4 is 54.7 Å². The monoisotopic (exact) mass is 603 g/mol. The van der Waals surface area contributed by atoms with Crippen LogP contribution in [0.3, 0.4) is 0 Å². The summed E-state index contributed by atoms with van der Waals surface area (Å²) < 4.78 is 27.7. The number of rotatable bonds is 11. The molecule has 4 aromatic rings. The fourth-order valence-corrected chi connectivity index (χ4v) is 5.79. The van der Waals surface area contributed by atoms with E-state index in [2.05, 4.69) is 12.1 Å². The molecule has 43 heavy (non-hydrogen) atoms. The van der Waals surface area contributed by atoms with Gasteiger partial charge in [-0.25, -0.2) is 13.2 Å². The highest BCUT2D eigenvalue weighted by Gasteiger charge is 2.21. The number of nitrogens with one attached hydrogen (secondary N) is 1. The number of carbonyl (C=O) groups is 2. The number of ketones is 1. The number of aromatic nitrogens is 1. The van der Waals surface area contributed by atoms with E-state index in [0.717, 1.165) is 64.2 Å². The number of benzene rings is 3. The Kier molecular flexibility index (Phi) is 11.5. The van der Waals surface area contributed by atoms with Gasteiger partial charge in [-0.05, 0) is 63.3 Å². The fourth-order valence-electron chi connectivity index (χ4n) is 4.89. The highest BCUT2D eigenvalue weighted by molar-refractivity contribution is 7.91. The molecule has 0 saturated carbocycles. The molecule has 9 heteroatoms. The Morgan fingerprint density at radius 2 is 1.53 bits per heavy atom. The first-order chi connectivity index (χ1) is 20.4. The van der Waals surface area contributed by atoms with Crippen LogP contribution >= 0.6 is 0 Å². The van der Waals surface area contributed by atoms with Gasteiger partial charge in [0.1, 0.15) is 5.78 Å². The third-order valence-corrected chi connectivity index (χ3v) is 8.67. The number of nitrogens with zero attached hydrogens (tertiary/aromatic N) is 2. The number of hydrogen-bond donors (Lipinski definition) is 1. The number of hydrogen-bond acceptors (Lipinski definition) is 7. The Bertz CT molecular complexity index is 1780. The van der Waals surface area contributed by atoms with Crippen molar-refractivity contribution in [3.05, 3.63) is 71.9 Å². The van der Waals surface area contributed by atoms with Gasteiger partial charge in [0.2, 0.25) is 0 Å². The van der Waals surface area contributed by atoms with Crippen LogP contribution in [0.25, 0.3) is 27.4 Å². The average Bonchev–Trinajstić information content (AvgIpc) is 3.34. The highest BCUT2D eigenvalue weighted by Crippen LogP contribution is 2.33. The average molecular weight is 604 g/mol. The lowest BCUT2D eigenvalue weighted by Gasteiger charge is -2.13. The molecule has 1 aromatic heterocycles. The zero-order valence-corrected chi connectivity index (χ0v) is 26.7. The van der Waals surface area contributed by atoms with Crippen molar-refractivity contribution in [1.82, 2.24) is 4.57 Å². The van der Waals surface area contributed by atoms with E-state index in [4.69, 9.17) is 10.2 Å². The molecule has 3 aromatic carbocycles. The molecule has 0 amide bonds. The predicted molar refractivity (Wildman–Crippen MR) is 174 cm³/mol. The summed E-state index contributed by atoms with van der Waals surface area (Å²) in [5.74, 6) is -0.350. The van der Waals surface area contributed by atoms with Crippen molar-refractivity contribution in [2.45, 2.75) is 78.5 Å².